The van der Waals surface area contributed by atoms with Crippen molar-refractivity contribution >= 4 is 17.1 Å². The van der Waals surface area contributed by atoms with Crippen molar-refractivity contribution in [3.63, 3.8) is 0 Å². The van der Waals surface area contributed by atoms with E-state index in [0.29, 0.717) is 5.39 Å². The maximum absolute atomic E-state index is 13.4. The van der Waals surface area contributed by atoms with Crippen molar-refractivity contribution in [3.05, 3.63) is 47.8 Å². The predicted molar refractivity (Wildman–Crippen MR) is 79.0 cm³/mol. The molecule has 0 bridgehead atoms. The van der Waals surface area contributed by atoms with Gasteiger partial charge in [0.1, 0.15) is 11.4 Å². The Balaban J connectivity index is 2.01. The zero-order valence-corrected chi connectivity index (χ0v) is 12.6. The molecule has 124 valence electrons. The molecule has 3 rings (SSSR count). The third-order valence-corrected chi connectivity index (χ3v) is 3.27. The van der Waals surface area contributed by atoms with Gasteiger partial charge in [-0.1, -0.05) is 5.16 Å². The number of halogens is 3. The van der Waals surface area contributed by atoms with E-state index in [9.17, 15) is 18.0 Å². The van der Waals surface area contributed by atoms with Gasteiger partial charge in [0.05, 0.1) is 0 Å². The van der Waals surface area contributed by atoms with Crippen molar-refractivity contribution in [2.75, 3.05) is 14.1 Å². The third-order valence-electron chi connectivity index (χ3n) is 3.27. The molecule has 0 unspecified atom stereocenters. The van der Waals surface area contributed by atoms with Crippen LogP contribution in [0, 0.1) is 17.5 Å². The first-order valence-corrected chi connectivity index (χ1v) is 6.80. The molecule has 24 heavy (non-hydrogen) atoms. The van der Waals surface area contributed by atoms with Crippen molar-refractivity contribution in [1.82, 2.24) is 10.1 Å². The molecule has 2 aromatic carbocycles. The molecule has 0 aliphatic heterocycles. The van der Waals surface area contributed by atoms with E-state index < -0.39 is 23.5 Å². The van der Waals surface area contributed by atoms with Crippen LogP contribution in [0.1, 0.15) is 0 Å². The lowest BCUT2D eigenvalue weighted by molar-refractivity contribution is 0.172. The summed E-state index contributed by atoms with van der Waals surface area (Å²) in [7, 11) is 3.07. The maximum atomic E-state index is 13.4. The molecule has 0 atom stereocenters. The Hall–Kier alpha value is -3.03. The van der Waals surface area contributed by atoms with E-state index in [0.717, 1.165) is 12.1 Å². The second kappa shape index (κ2) is 5.88. The standard InChI is InChI=1S/C16H11F3N2O3/c1-21(2)16(22)23-9-3-4-10-13(7-9)24-20-15(10)8-5-11(17)14(19)12(18)6-8/h3-7H,1-2H3. The number of benzene rings is 2. The van der Waals surface area contributed by atoms with E-state index in [1.54, 1.807) is 0 Å². The van der Waals surface area contributed by atoms with Crippen LogP contribution in [-0.4, -0.2) is 30.2 Å². The first kappa shape index (κ1) is 15.9. The van der Waals surface area contributed by atoms with E-state index >= 15 is 0 Å². The Labute approximate surface area is 134 Å². The van der Waals surface area contributed by atoms with Gasteiger partial charge in [-0.05, 0) is 24.3 Å². The third kappa shape index (κ3) is 2.78. The number of amides is 1. The minimum absolute atomic E-state index is 0.0307. The van der Waals surface area contributed by atoms with Gasteiger partial charge < -0.3 is 14.2 Å². The van der Waals surface area contributed by atoms with Gasteiger partial charge >= 0.3 is 6.09 Å². The van der Waals surface area contributed by atoms with E-state index in [1.165, 1.54) is 37.2 Å². The summed E-state index contributed by atoms with van der Waals surface area (Å²) in [5.41, 5.74) is 0.427. The van der Waals surface area contributed by atoms with Gasteiger partial charge in [-0.25, -0.2) is 18.0 Å². The van der Waals surface area contributed by atoms with E-state index in [4.69, 9.17) is 9.26 Å². The summed E-state index contributed by atoms with van der Waals surface area (Å²) >= 11 is 0. The quantitative estimate of drug-likeness (QED) is 0.665. The normalized spacial score (nSPS) is 10.9. The summed E-state index contributed by atoms with van der Waals surface area (Å²) in [4.78, 5) is 12.8. The van der Waals surface area contributed by atoms with Crippen molar-refractivity contribution in [2.24, 2.45) is 0 Å². The van der Waals surface area contributed by atoms with Gasteiger partial charge in [0.15, 0.2) is 23.0 Å². The van der Waals surface area contributed by atoms with Crippen molar-refractivity contribution < 1.29 is 27.2 Å². The smallest absolute Gasteiger partial charge is 0.410 e. The molecule has 1 amide bonds. The van der Waals surface area contributed by atoms with Crippen molar-refractivity contribution in [3.8, 4) is 17.0 Å². The molecule has 5 nitrogen and oxygen atoms in total. The Kier molecular flexibility index (Phi) is 3.88. The molecule has 0 saturated carbocycles. The summed E-state index contributed by atoms with van der Waals surface area (Å²) in [6.07, 6.45) is -0.572. The van der Waals surface area contributed by atoms with Gasteiger partial charge in [-0.2, -0.15) is 0 Å². The number of hydrogen-bond donors (Lipinski definition) is 0. The van der Waals surface area contributed by atoms with Crippen molar-refractivity contribution in [2.45, 2.75) is 0 Å². The topological polar surface area (TPSA) is 55.6 Å². The van der Waals surface area contributed by atoms with Crippen LogP contribution in [-0.2, 0) is 0 Å². The average Bonchev–Trinajstić information content (AvgIpc) is 2.95. The Morgan fingerprint density at radius 2 is 1.79 bits per heavy atom. The number of rotatable bonds is 2. The highest BCUT2D eigenvalue weighted by Crippen LogP contribution is 2.32. The highest BCUT2D eigenvalue weighted by Gasteiger charge is 2.17. The molecule has 0 fully saturated rings. The molecule has 3 aromatic rings. The van der Waals surface area contributed by atoms with Crippen LogP contribution >= 0.6 is 0 Å². The maximum Gasteiger partial charge on any atom is 0.414 e. The molecule has 0 N–H and O–H groups in total. The Morgan fingerprint density at radius 3 is 2.42 bits per heavy atom. The van der Waals surface area contributed by atoms with Gasteiger partial charge in [0, 0.05) is 31.1 Å². The highest BCUT2D eigenvalue weighted by molar-refractivity contribution is 5.92. The van der Waals surface area contributed by atoms with Crippen LogP contribution in [0.4, 0.5) is 18.0 Å². The monoisotopic (exact) mass is 336 g/mol. The van der Waals surface area contributed by atoms with Gasteiger partial charge in [0.2, 0.25) is 0 Å². The van der Waals surface area contributed by atoms with Crippen LogP contribution in [0.3, 0.4) is 0 Å². The molecule has 0 saturated heterocycles. The summed E-state index contributed by atoms with van der Waals surface area (Å²) in [5.74, 6) is -3.97. The number of fused-ring (bicyclic) bond motifs is 1. The lowest BCUT2D eigenvalue weighted by Crippen LogP contribution is -2.25. The molecular formula is C16H11F3N2O3. The van der Waals surface area contributed by atoms with Crippen LogP contribution in [0.25, 0.3) is 22.2 Å². The Morgan fingerprint density at radius 1 is 1.12 bits per heavy atom. The zero-order chi connectivity index (χ0) is 17.4. The SMILES string of the molecule is CN(C)C(=O)Oc1ccc2c(-c3cc(F)c(F)c(F)c3)noc2c1. The number of carbonyl (C=O) groups excluding carboxylic acids is 1. The second-order valence-electron chi connectivity index (χ2n) is 5.21. The van der Waals surface area contributed by atoms with Gasteiger partial charge in [0.25, 0.3) is 0 Å². The fourth-order valence-electron chi connectivity index (χ4n) is 2.07. The molecule has 0 aliphatic rings. The summed E-state index contributed by atoms with van der Waals surface area (Å²) in [6, 6.07) is 6.09. The number of carbonyl (C=O) groups is 1. The molecule has 0 radical (unpaired) electrons. The van der Waals surface area contributed by atoms with Crippen molar-refractivity contribution in [1.29, 1.82) is 0 Å². The average molecular weight is 336 g/mol. The van der Waals surface area contributed by atoms with E-state index in [-0.39, 0.29) is 22.6 Å². The van der Waals surface area contributed by atoms with Gasteiger partial charge in [-0.3, -0.25) is 0 Å². The first-order valence-electron chi connectivity index (χ1n) is 6.80. The van der Waals surface area contributed by atoms with E-state index in [1.807, 2.05) is 0 Å². The number of hydrogen-bond acceptors (Lipinski definition) is 4. The first-order chi connectivity index (χ1) is 11.4. The second-order valence-corrected chi connectivity index (χ2v) is 5.21. The minimum Gasteiger partial charge on any atom is -0.410 e. The number of nitrogens with zero attached hydrogens (tertiary/aromatic N) is 2. The molecule has 1 heterocycles. The summed E-state index contributed by atoms with van der Waals surface area (Å²) in [5, 5.41) is 4.19. The largest absolute Gasteiger partial charge is 0.414 e. The van der Waals surface area contributed by atoms with Gasteiger partial charge in [-0.15, -0.1) is 0 Å². The molecule has 1 aromatic heterocycles. The number of ether oxygens (including phenoxy) is 1. The summed E-state index contributed by atoms with van der Waals surface area (Å²) < 4.78 is 50.0. The minimum atomic E-state index is -1.55. The number of aromatic nitrogens is 1. The zero-order valence-electron chi connectivity index (χ0n) is 12.6. The summed E-state index contributed by atoms with van der Waals surface area (Å²) in [6.45, 7) is 0. The van der Waals surface area contributed by atoms with E-state index in [2.05, 4.69) is 5.16 Å². The Bertz CT molecular complexity index is 914. The van der Waals surface area contributed by atoms with Crippen LogP contribution in [0.2, 0.25) is 0 Å². The molecule has 8 heteroatoms. The fourth-order valence-corrected chi connectivity index (χ4v) is 2.07. The van der Waals surface area contributed by atoms with Crippen LogP contribution < -0.4 is 4.74 Å². The predicted octanol–water partition coefficient (Wildman–Crippen LogP) is 3.97. The lowest BCUT2D eigenvalue weighted by atomic mass is 10.1. The molecule has 0 aliphatic carbocycles. The van der Waals surface area contributed by atoms with Crippen LogP contribution in [0.5, 0.6) is 5.75 Å². The molecule has 0 spiro atoms. The molecular weight excluding hydrogens is 325 g/mol. The lowest BCUT2D eigenvalue weighted by Gasteiger charge is -2.10. The van der Waals surface area contributed by atoms with Crippen LogP contribution in [0.15, 0.2) is 34.9 Å². The fraction of sp³-hybridized carbons (Fsp3) is 0.125. The highest BCUT2D eigenvalue weighted by atomic mass is 19.2.